The largest absolute Gasteiger partial charge is 0.325 e. The van der Waals surface area contributed by atoms with Crippen LogP contribution < -0.4 is 0 Å². The molecule has 1 rings (SSSR count). The summed E-state index contributed by atoms with van der Waals surface area (Å²) in [6.07, 6.45) is 3.53. The molecule has 0 unspecified atom stereocenters. The lowest BCUT2D eigenvalue weighted by Gasteiger charge is -2.14. The molecule has 1 heterocycles. The molecule has 3 nitrogen and oxygen atoms in total. The Kier molecular flexibility index (Phi) is 2.26. The van der Waals surface area contributed by atoms with E-state index >= 15 is 0 Å². The number of halogens is 1. The van der Waals surface area contributed by atoms with Crippen LogP contribution in [0.2, 0.25) is 0 Å². The minimum atomic E-state index is -1.32. The van der Waals surface area contributed by atoms with Gasteiger partial charge in [0.15, 0.2) is 6.29 Å². The minimum absolute atomic E-state index is 0.154. The summed E-state index contributed by atoms with van der Waals surface area (Å²) in [6, 6.07) is 0. The van der Waals surface area contributed by atoms with Crippen LogP contribution in [0.25, 0.3) is 0 Å². The van der Waals surface area contributed by atoms with Crippen molar-refractivity contribution in [1.82, 2.24) is 9.55 Å². The summed E-state index contributed by atoms with van der Waals surface area (Å²) in [7, 11) is 0. The molecule has 0 aliphatic heterocycles. The molecule has 0 atom stereocenters. The standard InChI is InChI=1S/C8H11FN2O/c1-8(2,9)5-11-6-10-3-7(11)4-12/h3-4,6H,5H2,1-2H3. The molecule has 0 amide bonds. The molecule has 66 valence electrons. The number of aldehydes is 1. The van der Waals surface area contributed by atoms with Crippen LogP contribution in [-0.4, -0.2) is 21.5 Å². The Bertz CT molecular complexity index is 275. The number of carbonyl (C=O) groups is 1. The number of hydrogen-bond acceptors (Lipinski definition) is 2. The maximum Gasteiger partial charge on any atom is 0.168 e. The fourth-order valence-corrected chi connectivity index (χ4v) is 0.966. The first kappa shape index (κ1) is 8.90. The van der Waals surface area contributed by atoms with Crippen molar-refractivity contribution < 1.29 is 9.18 Å². The Morgan fingerprint density at radius 3 is 2.92 bits per heavy atom. The molecule has 0 radical (unpaired) electrons. The van der Waals surface area contributed by atoms with Gasteiger partial charge in [0.05, 0.1) is 19.1 Å². The van der Waals surface area contributed by atoms with E-state index in [2.05, 4.69) is 4.98 Å². The predicted octanol–water partition coefficient (Wildman–Crippen LogP) is 1.44. The van der Waals surface area contributed by atoms with Gasteiger partial charge in [-0.25, -0.2) is 9.37 Å². The Morgan fingerprint density at radius 2 is 2.42 bits per heavy atom. The van der Waals surface area contributed by atoms with Crippen molar-refractivity contribution in [3.8, 4) is 0 Å². The van der Waals surface area contributed by atoms with Gasteiger partial charge in [-0.2, -0.15) is 0 Å². The van der Waals surface area contributed by atoms with E-state index in [1.807, 2.05) is 0 Å². The lowest BCUT2D eigenvalue weighted by Crippen LogP contribution is -2.21. The van der Waals surface area contributed by atoms with E-state index in [1.54, 1.807) is 0 Å². The molecule has 0 bridgehead atoms. The number of hydrogen-bond donors (Lipinski definition) is 0. The second-order valence-electron chi connectivity index (χ2n) is 3.28. The van der Waals surface area contributed by atoms with Crippen LogP contribution in [0.5, 0.6) is 0 Å². The average Bonchev–Trinajstić information content (AvgIpc) is 2.31. The minimum Gasteiger partial charge on any atom is -0.325 e. The van der Waals surface area contributed by atoms with Gasteiger partial charge in [-0.05, 0) is 13.8 Å². The van der Waals surface area contributed by atoms with Crippen molar-refractivity contribution in [2.45, 2.75) is 26.1 Å². The first-order chi connectivity index (χ1) is 5.53. The highest BCUT2D eigenvalue weighted by molar-refractivity contribution is 5.71. The highest BCUT2D eigenvalue weighted by Crippen LogP contribution is 2.12. The molecule has 0 fully saturated rings. The SMILES string of the molecule is CC(C)(F)Cn1cncc1C=O. The van der Waals surface area contributed by atoms with Crippen LogP contribution >= 0.6 is 0 Å². The van der Waals surface area contributed by atoms with E-state index in [-0.39, 0.29) is 6.54 Å². The lowest BCUT2D eigenvalue weighted by atomic mass is 10.2. The van der Waals surface area contributed by atoms with E-state index < -0.39 is 5.67 Å². The molecule has 1 aromatic rings. The summed E-state index contributed by atoms with van der Waals surface area (Å²) >= 11 is 0. The van der Waals surface area contributed by atoms with Crippen molar-refractivity contribution in [3.05, 3.63) is 18.2 Å². The number of nitrogens with zero attached hydrogens (tertiary/aromatic N) is 2. The third-order valence-corrected chi connectivity index (χ3v) is 1.41. The van der Waals surface area contributed by atoms with Gasteiger partial charge in [0.2, 0.25) is 0 Å². The fourth-order valence-electron chi connectivity index (χ4n) is 0.966. The predicted molar refractivity (Wildman–Crippen MR) is 42.8 cm³/mol. The molecule has 1 aromatic heterocycles. The molecule has 12 heavy (non-hydrogen) atoms. The van der Waals surface area contributed by atoms with Gasteiger partial charge < -0.3 is 4.57 Å². The lowest BCUT2D eigenvalue weighted by molar-refractivity contribution is 0.111. The first-order valence-corrected chi connectivity index (χ1v) is 3.67. The van der Waals surface area contributed by atoms with Crippen LogP contribution in [0.3, 0.4) is 0 Å². The smallest absolute Gasteiger partial charge is 0.168 e. The Hall–Kier alpha value is -1.19. The number of imidazole rings is 1. The monoisotopic (exact) mass is 170 g/mol. The molecule has 0 N–H and O–H groups in total. The molecular formula is C8H11FN2O. The van der Waals surface area contributed by atoms with Crippen LogP contribution in [0.15, 0.2) is 12.5 Å². The van der Waals surface area contributed by atoms with Gasteiger partial charge in [0, 0.05) is 0 Å². The zero-order valence-corrected chi connectivity index (χ0v) is 7.12. The zero-order valence-electron chi connectivity index (χ0n) is 7.12. The van der Waals surface area contributed by atoms with E-state index in [1.165, 1.54) is 30.9 Å². The summed E-state index contributed by atoms with van der Waals surface area (Å²) in [5, 5.41) is 0. The molecule has 0 spiro atoms. The third kappa shape index (κ3) is 2.15. The van der Waals surface area contributed by atoms with Gasteiger partial charge in [0.1, 0.15) is 11.4 Å². The molecule has 0 saturated carbocycles. The maximum atomic E-state index is 13.1. The van der Waals surface area contributed by atoms with E-state index in [4.69, 9.17) is 0 Å². The molecule has 0 aromatic carbocycles. The van der Waals surface area contributed by atoms with Crippen molar-refractivity contribution in [1.29, 1.82) is 0 Å². The van der Waals surface area contributed by atoms with Gasteiger partial charge in [-0.3, -0.25) is 4.79 Å². The van der Waals surface area contributed by atoms with E-state index in [9.17, 15) is 9.18 Å². The molecule has 0 saturated heterocycles. The van der Waals surface area contributed by atoms with E-state index in [0.717, 1.165) is 0 Å². The van der Waals surface area contributed by atoms with Crippen molar-refractivity contribution in [2.24, 2.45) is 0 Å². The molecule has 4 heteroatoms. The number of rotatable bonds is 3. The summed E-state index contributed by atoms with van der Waals surface area (Å²) in [6.45, 7) is 3.07. The molecule has 0 aliphatic rings. The highest BCUT2D eigenvalue weighted by Gasteiger charge is 2.17. The Balaban J connectivity index is 2.81. The first-order valence-electron chi connectivity index (χ1n) is 3.67. The number of aromatic nitrogens is 2. The summed E-state index contributed by atoms with van der Waals surface area (Å²) in [4.78, 5) is 14.1. The van der Waals surface area contributed by atoms with Crippen molar-refractivity contribution >= 4 is 6.29 Å². The van der Waals surface area contributed by atoms with Crippen molar-refractivity contribution in [2.75, 3.05) is 0 Å². The topological polar surface area (TPSA) is 34.9 Å². The molecule has 0 aliphatic carbocycles. The Labute approximate surface area is 70.2 Å². The van der Waals surface area contributed by atoms with Crippen LogP contribution in [0.4, 0.5) is 4.39 Å². The Morgan fingerprint density at radius 1 is 1.75 bits per heavy atom. The van der Waals surface area contributed by atoms with Crippen LogP contribution in [0.1, 0.15) is 24.3 Å². The van der Waals surface area contributed by atoms with Crippen molar-refractivity contribution in [3.63, 3.8) is 0 Å². The fraction of sp³-hybridized carbons (Fsp3) is 0.500. The third-order valence-electron chi connectivity index (χ3n) is 1.41. The van der Waals surface area contributed by atoms with Gasteiger partial charge >= 0.3 is 0 Å². The second-order valence-corrected chi connectivity index (χ2v) is 3.28. The van der Waals surface area contributed by atoms with Crippen LogP contribution in [-0.2, 0) is 6.54 Å². The summed E-state index contributed by atoms with van der Waals surface area (Å²) < 4.78 is 14.6. The maximum absolute atomic E-state index is 13.1. The van der Waals surface area contributed by atoms with Gasteiger partial charge in [-0.1, -0.05) is 0 Å². The van der Waals surface area contributed by atoms with E-state index in [0.29, 0.717) is 12.0 Å². The number of alkyl halides is 1. The number of carbonyl (C=O) groups excluding carboxylic acids is 1. The van der Waals surface area contributed by atoms with Gasteiger partial charge in [-0.15, -0.1) is 0 Å². The van der Waals surface area contributed by atoms with Crippen LogP contribution in [0, 0.1) is 0 Å². The zero-order chi connectivity index (χ0) is 9.19. The van der Waals surface area contributed by atoms with Gasteiger partial charge in [0.25, 0.3) is 0 Å². The average molecular weight is 170 g/mol. The second kappa shape index (κ2) is 3.05. The summed E-state index contributed by atoms with van der Waals surface area (Å²) in [5.74, 6) is 0. The quantitative estimate of drug-likeness (QED) is 0.643. The highest BCUT2D eigenvalue weighted by atomic mass is 19.1. The normalized spacial score (nSPS) is 11.6. The summed E-state index contributed by atoms with van der Waals surface area (Å²) in [5.41, 5.74) is -0.918. The molecular weight excluding hydrogens is 159 g/mol.